The zero-order valence-corrected chi connectivity index (χ0v) is 14.4. The van der Waals surface area contributed by atoms with Crippen LogP contribution in [0.2, 0.25) is 0 Å². The fourth-order valence-electron chi connectivity index (χ4n) is 2.64. The van der Waals surface area contributed by atoms with Gasteiger partial charge in [-0.05, 0) is 70.1 Å². The van der Waals surface area contributed by atoms with Crippen molar-refractivity contribution in [2.75, 3.05) is 0 Å². The zero-order valence-electron chi connectivity index (χ0n) is 13.3. The second-order valence-corrected chi connectivity index (χ2v) is 5.46. The van der Waals surface area contributed by atoms with Crippen LogP contribution in [0.4, 0.5) is 0 Å². The minimum Gasteiger partial charge on any atom is -0.507 e. The molecule has 0 saturated heterocycles. The summed E-state index contributed by atoms with van der Waals surface area (Å²) in [6, 6.07) is 6.63. The summed E-state index contributed by atoms with van der Waals surface area (Å²) < 4.78 is 0. The molecule has 1 aromatic carbocycles. The van der Waals surface area contributed by atoms with Crippen molar-refractivity contribution in [3.05, 3.63) is 105 Å². The number of aliphatic hydroxyl groups excluding tert-OH is 1. The van der Waals surface area contributed by atoms with E-state index in [2.05, 4.69) is 0 Å². The van der Waals surface area contributed by atoms with Crippen molar-refractivity contribution in [3.63, 3.8) is 0 Å². The Kier molecular flexibility index (Phi) is 7.46. The number of hydrogen-bond donors (Lipinski definition) is 1. The molecule has 0 amide bonds. The van der Waals surface area contributed by atoms with Gasteiger partial charge in [-0.15, -0.1) is 0 Å². The maximum atomic E-state index is 12.1. The van der Waals surface area contributed by atoms with Gasteiger partial charge in [0, 0.05) is 33.8 Å². The Labute approximate surface area is 160 Å². The van der Waals surface area contributed by atoms with E-state index >= 15 is 0 Å². The van der Waals surface area contributed by atoms with E-state index in [9.17, 15) is 14.7 Å². The number of fused-ring (bicyclic) bond motifs is 1. The van der Waals surface area contributed by atoms with E-state index in [4.69, 9.17) is 0 Å². The summed E-state index contributed by atoms with van der Waals surface area (Å²) in [7, 11) is 0. The van der Waals surface area contributed by atoms with Gasteiger partial charge in [0.1, 0.15) is 5.76 Å². The van der Waals surface area contributed by atoms with E-state index < -0.39 is 11.6 Å². The van der Waals surface area contributed by atoms with Crippen LogP contribution >= 0.6 is 0 Å². The molecule has 0 bridgehead atoms. The van der Waals surface area contributed by atoms with E-state index in [0.717, 1.165) is 5.92 Å². The van der Waals surface area contributed by atoms with Crippen LogP contribution < -0.4 is 0 Å². The van der Waals surface area contributed by atoms with E-state index in [1.54, 1.807) is 24.3 Å². The summed E-state index contributed by atoms with van der Waals surface area (Å²) in [6.07, 6.45) is 17.7. The Bertz CT molecular complexity index is 645. The topological polar surface area (TPSA) is 54.4 Å². The molecule has 126 valence electrons. The molecule has 3 aliphatic carbocycles. The van der Waals surface area contributed by atoms with Crippen LogP contribution in [0.5, 0.6) is 0 Å². The van der Waals surface area contributed by atoms with Crippen molar-refractivity contribution in [2.45, 2.75) is 6.42 Å². The number of carbonyl (C=O) groups excluding carboxylic acids is 2. The summed E-state index contributed by atoms with van der Waals surface area (Å²) in [5, 5.41) is 10.2. The molecule has 0 spiro atoms. The third-order valence-corrected chi connectivity index (χ3v) is 3.86. The minimum absolute atomic E-state index is 0. The van der Waals surface area contributed by atoms with E-state index in [1.807, 2.05) is 57.8 Å². The van der Waals surface area contributed by atoms with Crippen LogP contribution in [0.25, 0.3) is 5.76 Å². The van der Waals surface area contributed by atoms with Gasteiger partial charge in [-0.2, -0.15) is 0 Å². The molecule has 1 aromatic rings. The second kappa shape index (κ2) is 9.35. The molecule has 3 aliphatic rings. The molecule has 10 radical (unpaired) electrons. The molecule has 25 heavy (non-hydrogen) atoms. The number of carbonyl (C=O) groups is 2. The Morgan fingerprint density at radius 3 is 1.80 bits per heavy atom. The summed E-state index contributed by atoms with van der Waals surface area (Å²) in [5.74, 6) is -0.337. The van der Waals surface area contributed by atoms with Gasteiger partial charge < -0.3 is 5.11 Å². The van der Waals surface area contributed by atoms with Gasteiger partial charge >= 0.3 is 0 Å². The van der Waals surface area contributed by atoms with E-state index in [1.165, 1.54) is 0 Å². The fourth-order valence-corrected chi connectivity index (χ4v) is 2.64. The molecule has 0 aromatic heterocycles. The van der Waals surface area contributed by atoms with Gasteiger partial charge in [0.05, 0.1) is 0 Å². The first kappa shape index (κ1) is 19.9. The SMILES string of the molecule is O=C1C(=O)c2ccccc2C(O)=C1C[C]1[CH][CH][CH][CH]1.[CH]1[CH][CH][CH][CH]1.[Fe]. The van der Waals surface area contributed by atoms with Crippen molar-refractivity contribution >= 4 is 17.3 Å². The van der Waals surface area contributed by atoms with Crippen molar-refractivity contribution in [2.24, 2.45) is 0 Å². The predicted molar refractivity (Wildman–Crippen MR) is 91.9 cm³/mol. The van der Waals surface area contributed by atoms with E-state index in [0.29, 0.717) is 5.56 Å². The molecular formula is C21H16FeO3. The molecule has 4 heteroatoms. The molecule has 4 rings (SSSR count). The monoisotopic (exact) mass is 372 g/mol. The van der Waals surface area contributed by atoms with Crippen molar-refractivity contribution in [3.8, 4) is 0 Å². The normalized spacial score (nSPS) is 20.0. The zero-order chi connectivity index (χ0) is 16.9. The summed E-state index contributed by atoms with van der Waals surface area (Å²) >= 11 is 0. The molecule has 0 heterocycles. The molecular weight excluding hydrogens is 356 g/mol. The molecule has 0 unspecified atom stereocenters. The summed E-state index contributed by atoms with van der Waals surface area (Å²) in [5.41, 5.74) is 0.889. The first-order valence-electron chi connectivity index (χ1n) is 7.66. The number of benzene rings is 1. The van der Waals surface area contributed by atoms with Crippen molar-refractivity contribution in [1.29, 1.82) is 0 Å². The average molecular weight is 372 g/mol. The number of Topliss-reactive ketones (excluding diaryl/α,β-unsaturated/α-hetero) is 2. The maximum Gasteiger partial charge on any atom is 0.234 e. The fraction of sp³-hybridized carbons (Fsp3) is 0.0476. The van der Waals surface area contributed by atoms with Gasteiger partial charge in [0.25, 0.3) is 0 Å². The molecule has 0 atom stereocenters. The van der Waals surface area contributed by atoms with Gasteiger partial charge in [0.2, 0.25) is 11.6 Å². The smallest absolute Gasteiger partial charge is 0.234 e. The second-order valence-electron chi connectivity index (χ2n) is 5.46. The van der Waals surface area contributed by atoms with Crippen LogP contribution in [0.1, 0.15) is 22.3 Å². The van der Waals surface area contributed by atoms with Crippen LogP contribution in [-0.4, -0.2) is 16.7 Å². The first-order chi connectivity index (χ1) is 11.7. The largest absolute Gasteiger partial charge is 0.507 e. The molecule has 3 nitrogen and oxygen atoms in total. The average Bonchev–Trinajstić information content (AvgIpc) is 3.33. The molecule has 2 saturated carbocycles. The first-order valence-corrected chi connectivity index (χ1v) is 7.66. The number of aliphatic hydroxyl groups is 1. The number of rotatable bonds is 2. The van der Waals surface area contributed by atoms with Crippen LogP contribution in [0.3, 0.4) is 0 Å². The molecule has 2 fully saturated rings. The summed E-state index contributed by atoms with van der Waals surface area (Å²) in [4.78, 5) is 24.1. The maximum absolute atomic E-state index is 12.1. The number of allylic oxidation sites excluding steroid dienone is 1. The Hall–Kier alpha value is -1.38. The van der Waals surface area contributed by atoms with Crippen LogP contribution in [-0.2, 0) is 21.9 Å². The molecule has 0 aliphatic heterocycles. The number of ketones is 2. The third kappa shape index (κ3) is 4.62. The summed E-state index contributed by atoms with van der Waals surface area (Å²) in [6.45, 7) is 0. The van der Waals surface area contributed by atoms with Crippen molar-refractivity contribution < 1.29 is 31.8 Å². The predicted octanol–water partition coefficient (Wildman–Crippen LogP) is 3.54. The number of hydrogen-bond acceptors (Lipinski definition) is 3. The molecule has 1 N–H and O–H groups in total. The van der Waals surface area contributed by atoms with Crippen LogP contribution in [0, 0.1) is 63.7 Å². The third-order valence-electron chi connectivity index (χ3n) is 3.86. The van der Waals surface area contributed by atoms with Crippen molar-refractivity contribution in [1.82, 2.24) is 0 Å². The standard InChI is InChI=1S/C16H11O3.C5H5.Fe/c17-14-11-7-3-4-8-12(11)15(18)16(19)13(14)9-10-5-1-2-6-10;1-2-4-5-3-1;/h1-8,17H,9H2;1-5H;. The van der Waals surface area contributed by atoms with Gasteiger partial charge in [-0.1, -0.05) is 24.3 Å². The van der Waals surface area contributed by atoms with Gasteiger partial charge in [-0.3, -0.25) is 9.59 Å². The van der Waals surface area contributed by atoms with E-state index in [-0.39, 0.29) is 40.4 Å². The van der Waals surface area contributed by atoms with Gasteiger partial charge in [-0.25, -0.2) is 0 Å². The van der Waals surface area contributed by atoms with Crippen LogP contribution in [0.15, 0.2) is 29.8 Å². The Morgan fingerprint density at radius 2 is 1.24 bits per heavy atom. The minimum atomic E-state index is -0.614. The Morgan fingerprint density at radius 1 is 0.720 bits per heavy atom. The van der Waals surface area contributed by atoms with Gasteiger partial charge in [0.15, 0.2) is 0 Å². The quantitative estimate of drug-likeness (QED) is 0.638. The Balaban J connectivity index is 0.000000325.